The minimum absolute atomic E-state index is 0.698. The Hall–Kier alpha value is -0.0800. The lowest BCUT2D eigenvalue weighted by atomic mass is 10.0. The number of hydrogen-bond acceptors (Lipinski definition) is 1. The van der Waals surface area contributed by atoms with Crippen molar-refractivity contribution in [3.05, 3.63) is 0 Å². The van der Waals surface area contributed by atoms with Crippen LogP contribution in [0, 0.1) is 5.92 Å². The first-order valence-corrected chi connectivity index (χ1v) is 3.27. The summed E-state index contributed by atoms with van der Waals surface area (Å²) in [5, 5.41) is 4.25. The topological polar surface area (TPSA) is 40.1 Å². The fourth-order valence-electron chi connectivity index (χ4n) is 1.05. The second kappa shape index (κ2) is 3.05. The van der Waals surface area contributed by atoms with Gasteiger partial charge in [0.15, 0.2) is 0 Å². The predicted octanol–water partition coefficient (Wildman–Crippen LogP) is -0.0405. The Bertz CT molecular complexity index is 57.5. The Morgan fingerprint density at radius 2 is 2.50 bits per heavy atom. The summed E-state index contributed by atoms with van der Waals surface area (Å²) in [6.07, 6.45) is 2.54. The molecule has 47 valence electrons. The van der Waals surface area contributed by atoms with Gasteiger partial charge in [0.25, 0.3) is 0 Å². The fourth-order valence-corrected chi connectivity index (χ4v) is 1.05. The van der Waals surface area contributed by atoms with Crippen LogP contribution in [-0.4, -0.2) is 19.6 Å². The molecule has 1 unspecified atom stereocenters. The Labute approximate surface area is 50.4 Å². The Morgan fingerprint density at radius 1 is 1.62 bits per heavy atom. The molecule has 2 heteroatoms. The van der Waals surface area contributed by atoms with E-state index in [1.165, 1.54) is 12.8 Å². The van der Waals surface area contributed by atoms with Crippen LogP contribution in [0.1, 0.15) is 12.8 Å². The number of hydrogen-bond donors (Lipinski definition) is 1. The van der Waals surface area contributed by atoms with E-state index in [1.54, 1.807) is 0 Å². The lowest BCUT2D eigenvalue weighted by molar-refractivity contribution is 0.380. The molecular weight excluding hydrogens is 100 g/mol. The van der Waals surface area contributed by atoms with Crippen molar-refractivity contribution in [1.29, 1.82) is 0 Å². The molecule has 0 spiro atoms. The van der Waals surface area contributed by atoms with E-state index in [1.807, 2.05) is 0 Å². The van der Waals surface area contributed by atoms with Gasteiger partial charge in [-0.3, -0.25) is 0 Å². The number of nitrogens with two attached hydrogens (primary N) is 1. The predicted molar refractivity (Wildman–Crippen MR) is 33.6 cm³/mol. The van der Waals surface area contributed by atoms with E-state index in [0.29, 0.717) is 5.92 Å². The molecule has 1 atom stereocenters. The molecule has 2 N–H and O–H groups in total. The smallest absolute Gasteiger partial charge is 0.0173 e. The summed E-state index contributed by atoms with van der Waals surface area (Å²) in [5.41, 5.74) is 5.44. The van der Waals surface area contributed by atoms with Crippen molar-refractivity contribution in [3.63, 3.8) is 0 Å². The third-order valence-electron chi connectivity index (χ3n) is 1.65. The standard InChI is InChI=1S/C6H13N2/c7-4-6-2-1-3-8-5-6/h6H,1-5,7H2. The molecule has 1 rings (SSSR count). The van der Waals surface area contributed by atoms with E-state index in [0.717, 1.165) is 19.6 Å². The molecule has 0 aliphatic carbocycles. The maximum atomic E-state index is 5.44. The maximum absolute atomic E-state index is 5.44. The van der Waals surface area contributed by atoms with Gasteiger partial charge < -0.3 is 5.73 Å². The molecule has 0 bridgehead atoms. The highest BCUT2D eigenvalue weighted by atomic mass is 14.9. The molecule has 2 nitrogen and oxygen atoms in total. The van der Waals surface area contributed by atoms with E-state index in [-0.39, 0.29) is 0 Å². The molecule has 0 amide bonds. The number of nitrogens with zero attached hydrogens (tertiary/aromatic N) is 1. The lowest BCUT2D eigenvalue weighted by Crippen LogP contribution is -2.29. The zero-order valence-electron chi connectivity index (χ0n) is 5.14. The zero-order chi connectivity index (χ0) is 5.82. The number of rotatable bonds is 1. The monoisotopic (exact) mass is 113 g/mol. The minimum Gasteiger partial charge on any atom is -0.330 e. The van der Waals surface area contributed by atoms with E-state index in [2.05, 4.69) is 5.32 Å². The van der Waals surface area contributed by atoms with E-state index >= 15 is 0 Å². The normalized spacial score (nSPS) is 30.4. The molecule has 1 fully saturated rings. The second-order valence-electron chi connectivity index (χ2n) is 2.37. The molecule has 0 aromatic carbocycles. The second-order valence-corrected chi connectivity index (χ2v) is 2.37. The van der Waals surface area contributed by atoms with Crippen LogP contribution in [0.25, 0.3) is 0 Å². The van der Waals surface area contributed by atoms with Crippen LogP contribution in [0.15, 0.2) is 0 Å². The van der Waals surface area contributed by atoms with Gasteiger partial charge in [0.2, 0.25) is 0 Å². The molecule has 0 aromatic heterocycles. The first-order valence-electron chi connectivity index (χ1n) is 3.27. The van der Waals surface area contributed by atoms with Gasteiger partial charge >= 0.3 is 0 Å². The van der Waals surface area contributed by atoms with Gasteiger partial charge in [-0.05, 0) is 25.3 Å². The molecule has 0 saturated carbocycles. The largest absolute Gasteiger partial charge is 0.330 e. The average Bonchev–Trinajstić information content (AvgIpc) is 1.90. The van der Waals surface area contributed by atoms with Gasteiger partial charge in [-0.15, -0.1) is 0 Å². The summed E-state index contributed by atoms with van der Waals surface area (Å²) in [6, 6.07) is 0. The van der Waals surface area contributed by atoms with Crippen LogP contribution < -0.4 is 11.1 Å². The van der Waals surface area contributed by atoms with Crippen LogP contribution >= 0.6 is 0 Å². The summed E-state index contributed by atoms with van der Waals surface area (Å²) in [5.74, 6) is 0.698. The summed E-state index contributed by atoms with van der Waals surface area (Å²) in [7, 11) is 0. The molecule has 8 heavy (non-hydrogen) atoms. The maximum Gasteiger partial charge on any atom is 0.0173 e. The van der Waals surface area contributed by atoms with Gasteiger partial charge in [-0.1, -0.05) is 0 Å². The van der Waals surface area contributed by atoms with Crippen LogP contribution in [-0.2, 0) is 0 Å². The van der Waals surface area contributed by atoms with Crippen LogP contribution in [0.3, 0.4) is 0 Å². The van der Waals surface area contributed by atoms with Gasteiger partial charge in [-0.2, -0.15) is 0 Å². The lowest BCUT2D eigenvalue weighted by Gasteiger charge is -2.18. The SMILES string of the molecule is NCC1CCC[N]C1. The first kappa shape index (κ1) is 6.05. The molecule has 1 aliphatic rings. The Kier molecular flexibility index (Phi) is 2.30. The van der Waals surface area contributed by atoms with Crippen molar-refractivity contribution < 1.29 is 0 Å². The first-order chi connectivity index (χ1) is 3.93. The molecule has 1 aliphatic heterocycles. The van der Waals surface area contributed by atoms with E-state index in [4.69, 9.17) is 5.73 Å². The molecule has 1 radical (unpaired) electrons. The van der Waals surface area contributed by atoms with Gasteiger partial charge in [0, 0.05) is 13.1 Å². The fraction of sp³-hybridized carbons (Fsp3) is 1.00. The molecular formula is C6H13N2. The molecule has 0 aromatic rings. The van der Waals surface area contributed by atoms with Crippen LogP contribution in [0.2, 0.25) is 0 Å². The highest BCUT2D eigenvalue weighted by Crippen LogP contribution is 2.07. The molecule has 1 heterocycles. The van der Waals surface area contributed by atoms with Crippen molar-refractivity contribution in [1.82, 2.24) is 5.32 Å². The summed E-state index contributed by atoms with van der Waals surface area (Å²) >= 11 is 0. The summed E-state index contributed by atoms with van der Waals surface area (Å²) in [6.45, 7) is 2.90. The Balaban J connectivity index is 2.13. The van der Waals surface area contributed by atoms with E-state index in [9.17, 15) is 0 Å². The van der Waals surface area contributed by atoms with Crippen LogP contribution in [0.4, 0.5) is 0 Å². The zero-order valence-corrected chi connectivity index (χ0v) is 5.14. The Morgan fingerprint density at radius 3 is 2.88 bits per heavy atom. The van der Waals surface area contributed by atoms with Gasteiger partial charge in [0.1, 0.15) is 0 Å². The highest BCUT2D eigenvalue weighted by molar-refractivity contribution is 4.68. The van der Waals surface area contributed by atoms with Crippen molar-refractivity contribution in [2.75, 3.05) is 19.6 Å². The van der Waals surface area contributed by atoms with Crippen molar-refractivity contribution >= 4 is 0 Å². The third-order valence-corrected chi connectivity index (χ3v) is 1.65. The van der Waals surface area contributed by atoms with Crippen LogP contribution in [0.5, 0.6) is 0 Å². The molecule has 1 saturated heterocycles. The summed E-state index contributed by atoms with van der Waals surface area (Å²) < 4.78 is 0. The average molecular weight is 113 g/mol. The quantitative estimate of drug-likeness (QED) is 0.509. The highest BCUT2D eigenvalue weighted by Gasteiger charge is 2.10. The number of piperidine rings is 1. The summed E-state index contributed by atoms with van der Waals surface area (Å²) in [4.78, 5) is 0. The van der Waals surface area contributed by atoms with E-state index < -0.39 is 0 Å². The van der Waals surface area contributed by atoms with Gasteiger partial charge in [0.05, 0.1) is 0 Å². The van der Waals surface area contributed by atoms with Gasteiger partial charge in [-0.25, -0.2) is 5.32 Å². The van der Waals surface area contributed by atoms with Crippen molar-refractivity contribution in [2.24, 2.45) is 11.7 Å². The van der Waals surface area contributed by atoms with Crippen molar-refractivity contribution in [2.45, 2.75) is 12.8 Å². The van der Waals surface area contributed by atoms with Crippen molar-refractivity contribution in [3.8, 4) is 0 Å². The minimum atomic E-state index is 0.698. The third kappa shape index (κ3) is 1.46.